The molecule has 1 aromatic rings. The van der Waals surface area contributed by atoms with Gasteiger partial charge in [-0.15, -0.1) is 0 Å². The maximum Gasteiger partial charge on any atom is 0.133 e. The van der Waals surface area contributed by atoms with Crippen LogP contribution in [0.15, 0.2) is 10.7 Å². The van der Waals surface area contributed by atoms with E-state index in [1.807, 2.05) is 6.07 Å². The van der Waals surface area contributed by atoms with Gasteiger partial charge in [-0.1, -0.05) is 20.3 Å². The molecule has 0 aromatic carbocycles. The number of nitrogens with zero attached hydrogens (tertiary/aromatic N) is 3. The molecule has 1 aliphatic heterocycles. The molecular formula is C13H20BrN3. The van der Waals surface area contributed by atoms with Crippen LogP contribution in [-0.4, -0.2) is 23.1 Å². The largest absolute Gasteiger partial charge is 0.356 e. The first-order valence-corrected chi connectivity index (χ1v) is 7.30. The van der Waals surface area contributed by atoms with E-state index in [4.69, 9.17) is 0 Å². The fourth-order valence-corrected chi connectivity index (χ4v) is 2.73. The van der Waals surface area contributed by atoms with Crippen LogP contribution in [0.4, 0.5) is 5.82 Å². The lowest BCUT2D eigenvalue weighted by Crippen LogP contribution is -2.21. The van der Waals surface area contributed by atoms with Gasteiger partial charge in [0.25, 0.3) is 0 Å². The minimum atomic E-state index is 0.832. The summed E-state index contributed by atoms with van der Waals surface area (Å²) in [6, 6.07) is 2.04. The van der Waals surface area contributed by atoms with Crippen LogP contribution in [0.25, 0.3) is 0 Å². The number of anilines is 1. The van der Waals surface area contributed by atoms with Crippen LogP contribution >= 0.6 is 15.9 Å². The minimum absolute atomic E-state index is 0.832. The third kappa shape index (κ3) is 3.18. The van der Waals surface area contributed by atoms with Gasteiger partial charge in [-0.25, -0.2) is 9.97 Å². The molecule has 1 saturated heterocycles. The first kappa shape index (κ1) is 12.8. The lowest BCUT2D eigenvalue weighted by atomic mass is 10.1. The number of aromatic nitrogens is 2. The van der Waals surface area contributed by atoms with Crippen LogP contribution < -0.4 is 4.90 Å². The highest BCUT2D eigenvalue weighted by molar-refractivity contribution is 9.10. The molecule has 2 heterocycles. The predicted molar refractivity (Wildman–Crippen MR) is 74.3 cm³/mol. The summed E-state index contributed by atoms with van der Waals surface area (Å²) in [5, 5.41) is 0. The maximum atomic E-state index is 4.66. The van der Waals surface area contributed by atoms with Crippen molar-refractivity contribution in [2.75, 3.05) is 18.0 Å². The van der Waals surface area contributed by atoms with Gasteiger partial charge in [0, 0.05) is 25.6 Å². The van der Waals surface area contributed by atoms with Crippen molar-refractivity contribution in [3.63, 3.8) is 0 Å². The van der Waals surface area contributed by atoms with E-state index in [0.717, 1.165) is 48.1 Å². The van der Waals surface area contributed by atoms with Gasteiger partial charge in [0.15, 0.2) is 0 Å². The average molecular weight is 298 g/mol. The Morgan fingerprint density at radius 1 is 1.41 bits per heavy atom. The summed E-state index contributed by atoms with van der Waals surface area (Å²) in [5.41, 5.74) is 0. The minimum Gasteiger partial charge on any atom is -0.356 e. The fraction of sp³-hybridized carbons (Fsp3) is 0.692. The summed E-state index contributed by atoms with van der Waals surface area (Å²) in [6.07, 6.45) is 4.61. The van der Waals surface area contributed by atoms with E-state index in [0.29, 0.717) is 0 Å². The summed E-state index contributed by atoms with van der Waals surface area (Å²) in [4.78, 5) is 11.5. The molecule has 0 aliphatic carbocycles. The van der Waals surface area contributed by atoms with E-state index in [1.165, 1.54) is 12.8 Å². The summed E-state index contributed by atoms with van der Waals surface area (Å²) < 4.78 is 0.908. The molecular weight excluding hydrogens is 278 g/mol. The molecule has 0 amide bonds. The molecule has 1 fully saturated rings. The van der Waals surface area contributed by atoms with Gasteiger partial charge in [0.2, 0.25) is 0 Å². The van der Waals surface area contributed by atoms with E-state index in [1.54, 1.807) is 0 Å². The second-order valence-corrected chi connectivity index (χ2v) is 5.54. The summed E-state index contributed by atoms with van der Waals surface area (Å²) in [7, 11) is 0. The molecule has 1 atom stereocenters. The molecule has 4 heteroatoms. The zero-order chi connectivity index (χ0) is 12.3. The molecule has 2 rings (SSSR count). The Kier molecular flexibility index (Phi) is 4.37. The standard InChI is InChI=1S/C13H20BrN3/c1-3-5-12-15-11(14)8-13(16-12)17-7-6-10(4-2)9-17/h8,10H,3-7,9H2,1-2H3. The van der Waals surface area contributed by atoms with Gasteiger partial charge >= 0.3 is 0 Å². The number of halogens is 1. The Hall–Kier alpha value is -0.640. The van der Waals surface area contributed by atoms with Crippen LogP contribution in [0, 0.1) is 5.92 Å². The molecule has 1 aliphatic rings. The summed E-state index contributed by atoms with van der Waals surface area (Å²) in [5.74, 6) is 2.88. The molecule has 0 saturated carbocycles. The number of aryl methyl sites for hydroxylation is 1. The first-order valence-electron chi connectivity index (χ1n) is 6.51. The highest BCUT2D eigenvalue weighted by Gasteiger charge is 2.22. The Morgan fingerprint density at radius 2 is 2.24 bits per heavy atom. The van der Waals surface area contributed by atoms with E-state index in [2.05, 4.69) is 44.6 Å². The van der Waals surface area contributed by atoms with Gasteiger partial charge in [0.1, 0.15) is 16.2 Å². The second-order valence-electron chi connectivity index (χ2n) is 4.72. The SMILES string of the molecule is CCCc1nc(Br)cc(N2CCC(CC)C2)n1. The Labute approximate surface area is 112 Å². The van der Waals surface area contributed by atoms with Crippen LogP contribution in [-0.2, 0) is 6.42 Å². The Balaban J connectivity index is 2.15. The van der Waals surface area contributed by atoms with Crippen molar-refractivity contribution in [2.24, 2.45) is 5.92 Å². The van der Waals surface area contributed by atoms with Crippen molar-refractivity contribution in [1.82, 2.24) is 9.97 Å². The smallest absolute Gasteiger partial charge is 0.133 e. The van der Waals surface area contributed by atoms with E-state index in [9.17, 15) is 0 Å². The Morgan fingerprint density at radius 3 is 2.88 bits per heavy atom. The van der Waals surface area contributed by atoms with Crippen molar-refractivity contribution < 1.29 is 0 Å². The first-order chi connectivity index (χ1) is 8.22. The van der Waals surface area contributed by atoms with Crippen LogP contribution in [0.1, 0.15) is 38.9 Å². The third-order valence-electron chi connectivity index (χ3n) is 3.39. The molecule has 0 bridgehead atoms. The average Bonchev–Trinajstić information content (AvgIpc) is 2.77. The molecule has 0 N–H and O–H groups in total. The topological polar surface area (TPSA) is 29.0 Å². The van der Waals surface area contributed by atoms with E-state index < -0.39 is 0 Å². The van der Waals surface area contributed by atoms with Crippen LogP contribution in [0.3, 0.4) is 0 Å². The number of rotatable bonds is 4. The maximum absolute atomic E-state index is 4.66. The lowest BCUT2D eigenvalue weighted by Gasteiger charge is -2.18. The van der Waals surface area contributed by atoms with E-state index in [-0.39, 0.29) is 0 Å². The van der Waals surface area contributed by atoms with Gasteiger partial charge in [0.05, 0.1) is 0 Å². The van der Waals surface area contributed by atoms with Crippen LogP contribution in [0.2, 0.25) is 0 Å². The summed E-state index contributed by atoms with van der Waals surface area (Å²) in [6.45, 7) is 6.71. The van der Waals surface area contributed by atoms with Gasteiger partial charge in [-0.05, 0) is 34.7 Å². The monoisotopic (exact) mass is 297 g/mol. The molecule has 17 heavy (non-hydrogen) atoms. The second kappa shape index (κ2) is 5.80. The van der Waals surface area contributed by atoms with Crippen molar-refractivity contribution in [2.45, 2.75) is 39.5 Å². The molecule has 1 aromatic heterocycles. The third-order valence-corrected chi connectivity index (χ3v) is 3.79. The lowest BCUT2D eigenvalue weighted by molar-refractivity contribution is 0.568. The highest BCUT2D eigenvalue weighted by atomic mass is 79.9. The van der Waals surface area contributed by atoms with Crippen molar-refractivity contribution in [1.29, 1.82) is 0 Å². The Bertz CT molecular complexity index is 381. The van der Waals surface area contributed by atoms with Crippen molar-refractivity contribution >= 4 is 21.7 Å². The molecule has 1 unspecified atom stereocenters. The molecule has 3 nitrogen and oxygen atoms in total. The zero-order valence-electron chi connectivity index (χ0n) is 10.6. The normalized spacial score (nSPS) is 19.9. The van der Waals surface area contributed by atoms with E-state index >= 15 is 0 Å². The van der Waals surface area contributed by atoms with Gasteiger partial charge in [-0.3, -0.25) is 0 Å². The fourth-order valence-electron chi connectivity index (χ4n) is 2.32. The summed E-state index contributed by atoms with van der Waals surface area (Å²) >= 11 is 3.48. The van der Waals surface area contributed by atoms with Crippen molar-refractivity contribution in [3.8, 4) is 0 Å². The quantitative estimate of drug-likeness (QED) is 0.797. The number of hydrogen-bond acceptors (Lipinski definition) is 3. The van der Waals surface area contributed by atoms with Crippen molar-refractivity contribution in [3.05, 3.63) is 16.5 Å². The van der Waals surface area contributed by atoms with Gasteiger partial charge in [-0.2, -0.15) is 0 Å². The molecule has 0 spiro atoms. The van der Waals surface area contributed by atoms with Gasteiger partial charge < -0.3 is 4.90 Å². The molecule has 0 radical (unpaired) electrons. The molecule has 94 valence electrons. The predicted octanol–water partition coefficient (Wildman–Crippen LogP) is 3.43. The van der Waals surface area contributed by atoms with Crippen LogP contribution in [0.5, 0.6) is 0 Å². The highest BCUT2D eigenvalue weighted by Crippen LogP contribution is 2.25. The number of hydrogen-bond donors (Lipinski definition) is 0. The zero-order valence-corrected chi connectivity index (χ0v) is 12.2.